The van der Waals surface area contributed by atoms with Crippen molar-refractivity contribution in [2.75, 3.05) is 12.4 Å². The summed E-state index contributed by atoms with van der Waals surface area (Å²) >= 11 is 6.05. The number of aryl methyl sites for hydroxylation is 1. The molecule has 0 unspecified atom stereocenters. The summed E-state index contributed by atoms with van der Waals surface area (Å²) in [6, 6.07) is 5.22. The average Bonchev–Trinajstić information content (AvgIpc) is 3.14. The molecule has 1 aromatic heterocycles. The zero-order valence-corrected chi connectivity index (χ0v) is 12.6. The van der Waals surface area contributed by atoms with E-state index >= 15 is 0 Å². The number of methoxy groups -OCH3 is 1. The molecule has 3 rings (SSSR count). The summed E-state index contributed by atoms with van der Waals surface area (Å²) in [5.41, 5.74) is 1.80. The van der Waals surface area contributed by atoms with Crippen LogP contribution in [0.5, 0.6) is 5.75 Å². The summed E-state index contributed by atoms with van der Waals surface area (Å²) in [4.78, 5) is 12.2. The Morgan fingerprint density at radius 2 is 2.33 bits per heavy atom. The lowest BCUT2D eigenvalue weighted by atomic mass is 10.2. The molecule has 0 aliphatic heterocycles. The van der Waals surface area contributed by atoms with E-state index in [9.17, 15) is 4.79 Å². The lowest BCUT2D eigenvalue weighted by Crippen LogP contribution is -2.14. The molecule has 21 heavy (non-hydrogen) atoms. The maximum Gasteiger partial charge on any atom is 0.228 e. The largest absolute Gasteiger partial charge is 0.495 e. The van der Waals surface area contributed by atoms with Crippen molar-refractivity contribution in [1.82, 2.24) is 9.78 Å². The zero-order valence-electron chi connectivity index (χ0n) is 11.8. The predicted molar refractivity (Wildman–Crippen MR) is 80.7 cm³/mol. The molecular formula is C15H16ClN3O2. The van der Waals surface area contributed by atoms with Gasteiger partial charge in [0.2, 0.25) is 5.91 Å². The van der Waals surface area contributed by atoms with Crippen LogP contribution < -0.4 is 10.1 Å². The Bertz CT molecular complexity index is 683. The van der Waals surface area contributed by atoms with Crippen LogP contribution in [-0.4, -0.2) is 22.8 Å². The number of nitrogens with zero attached hydrogens (tertiary/aromatic N) is 2. The number of nitrogens with one attached hydrogen (secondary N) is 1. The van der Waals surface area contributed by atoms with Gasteiger partial charge in [0, 0.05) is 24.8 Å². The Labute approximate surface area is 127 Å². The second-order valence-corrected chi connectivity index (χ2v) is 5.64. The fourth-order valence-electron chi connectivity index (χ4n) is 2.46. The first-order valence-corrected chi connectivity index (χ1v) is 7.09. The molecule has 1 saturated carbocycles. The highest BCUT2D eigenvalue weighted by atomic mass is 35.5. The number of aromatic nitrogens is 2. The molecule has 0 spiro atoms. The molecule has 1 aromatic carbocycles. The highest BCUT2D eigenvalue weighted by Gasteiger charge is 2.44. The minimum absolute atomic E-state index is 0.00933. The van der Waals surface area contributed by atoms with Gasteiger partial charge in [-0.25, -0.2) is 0 Å². The van der Waals surface area contributed by atoms with E-state index in [1.165, 1.54) is 0 Å². The number of halogens is 1. The van der Waals surface area contributed by atoms with Gasteiger partial charge in [-0.15, -0.1) is 0 Å². The Kier molecular flexibility index (Phi) is 3.59. The molecule has 2 atom stereocenters. The van der Waals surface area contributed by atoms with Crippen LogP contribution in [0.25, 0.3) is 0 Å². The predicted octanol–water partition coefficient (Wildman–Crippen LogP) is 2.82. The van der Waals surface area contributed by atoms with Crippen molar-refractivity contribution in [2.45, 2.75) is 12.3 Å². The summed E-state index contributed by atoms with van der Waals surface area (Å²) in [6.45, 7) is 0. The van der Waals surface area contributed by atoms with Gasteiger partial charge in [-0.05, 0) is 36.1 Å². The van der Waals surface area contributed by atoms with Gasteiger partial charge in [-0.3, -0.25) is 9.48 Å². The Hall–Kier alpha value is -2.01. The van der Waals surface area contributed by atoms with E-state index in [0.29, 0.717) is 16.5 Å². The molecule has 6 heteroatoms. The third-order valence-corrected chi connectivity index (χ3v) is 3.99. The van der Waals surface area contributed by atoms with Gasteiger partial charge in [0.05, 0.1) is 18.3 Å². The van der Waals surface area contributed by atoms with Gasteiger partial charge in [0.1, 0.15) is 5.75 Å². The lowest BCUT2D eigenvalue weighted by molar-refractivity contribution is -0.117. The molecule has 1 aliphatic rings. The molecule has 1 aliphatic carbocycles. The van der Waals surface area contributed by atoms with Gasteiger partial charge >= 0.3 is 0 Å². The van der Waals surface area contributed by atoms with Crippen molar-refractivity contribution in [3.8, 4) is 5.75 Å². The van der Waals surface area contributed by atoms with Gasteiger partial charge in [-0.1, -0.05) is 11.6 Å². The van der Waals surface area contributed by atoms with Crippen LogP contribution in [0.15, 0.2) is 30.6 Å². The SMILES string of the molecule is COc1ccc(NC(=O)[C@@H]2C[C@H]2c2cnn(C)c2)cc1Cl. The molecule has 2 aromatic rings. The number of benzene rings is 1. The fraction of sp³-hybridized carbons (Fsp3) is 0.333. The monoisotopic (exact) mass is 305 g/mol. The maximum atomic E-state index is 12.2. The Balaban J connectivity index is 1.64. The summed E-state index contributed by atoms with van der Waals surface area (Å²) in [5.74, 6) is 0.891. The highest BCUT2D eigenvalue weighted by Crippen LogP contribution is 2.47. The summed E-state index contributed by atoms with van der Waals surface area (Å²) in [5, 5.41) is 7.52. The number of ether oxygens (including phenoxy) is 1. The first kappa shape index (κ1) is 13.9. The van der Waals surface area contributed by atoms with Gasteiger partial charge < -0.3 is 10.1 Å². The summed E-state index contributed by atoms with van der Waals surface area (Å²) < 4.78 is 6.84. The Morgan fingerprint density at radius 1 is 1.52 bits per heavy atom. The van der Waals surface area contributed by atoms with Crippen LogP contribution in [0.4, 0.5) is 5.69 Å². The highest BCUT2D eigenvalue weighted by molar-refractivity contribution is 6.32. The quantitative estimate of drug-likeness (QED) is 0.945. The number of hydrogen-bond acceptors (Lipinski definition) is 3. The lowest BCUT2D eigenvalue weighted by Gasteiger charge is -2.07. The molecule has 1 N–H and O–H groups in total. The smallest absolute Gasteiger partial charge is 0.228 e. The van der Waals surface area contributed by atoms with E-state index in [0.717, 1.165) is 12.0 Å². The number of hydrogen-bond donors (Lipinski definition) is 1. The molecule has 5 nitrogen and oxygen atoms in total. The van der Waals surface area contributed by atoms with E-state index in [4.69, 9.17) is 16.3 Å². The number of rotatable bonds is 4. The van der Waals surface area contributed by atoms with E-state index in [1.807, 2.05) is 19.4 Å². The van der Waals surface area contributed by atoms with Crippen molar-refractivity contribution in [2.24, 2.45) is 13.0 Å². The molecule has 0 bridgehead atoms. The number of amides is 1. The average molecular weight is 306 g/mol. The van der Waals surface area contributed by atoms with Crippen LogP contribution >= 0.6 is 11.6 Å². The standard InChI is InChI=1S/C15H16ClN3O2/c1-19-8-9(7-17-19)11-6-12(11)15(20)18-10-3-4-14(21-2)13(16)5-10/h3-5,7-8,11-12H,6H2,1-2H3,(H,18,20)/t11-,12+/m0/s1. The van der Waals surface area contributed by atoms with Crippen LogP contribution in [0.2, 0.25) is 5.02 Å². The first-order valence-electron chi connectivity index (χ1n) is 6.71. The van der Waals surface area contributed by atoms with Crippen molar-refractivity contribution in [1.29, 1.82) is 0 Å². The van der Waals surface area contributed by atoms with Crippen LogP contribution in [-0.2, 0) is 11.8 Å². The zero-order chi connectivity index (χ0) is 15.0. The summed E-state index contributed by atoms with van der Waals surface area (Å²) in [7, 11) is 3.43. The van der Waals surface area contributed by atoms with E-state index in [-0.39, 0.29) is 17.7 Å². The van der Waals surface area contributed by atoms with Gasteiger partial charge in [0.15, 0.2) is 0 Å². The van der Waals surface area contributed by atoms with Crippen LogP contribution in [0.3, 0.4) is 0 Å². The summed E-state index contributed by atoms with van der Waals surface area (Å²) in [6.07, 6.45) is 4.64. The van der Waals surface area contributed by atoms with E-state index in [2.05, 4.69) is 10.4 Å². The van der Waals surface area contributed by atoms with Crippen molar-refractivity contribution >= 4 is 23.2 Å². The van der Waals surface area contributed by atoms with E-state index < -0.39 is 0 Å². The van der Waals surface area contributed by atoms with Crippen molar-refractivity contribution < 1.29 is 9.53 Å². The fourth-order valence-corrected chi connectivity index (χ4v) is 2.72. The van der Waals surface area contributed by atoms with Gasteiger partial charge in [0.25, 0.3) is 0 Å². The first-order chi connectivity index (χ1) is 10.1. The van der Waals surface area contributed by atoms with Crippen LogP contribution in [0.1, 0.15) is 17.9 Å². The van der Waals surface area contributed by atoms with Crippen LogP contribution in [0, 0.1) is 5.92 Å². The third kappa shape index (κ3) is 2.88. The minimum atomic E-state index is 0.00933. The van der Waals surface area contributed by atoms with Gasteiger partial charge in [-0.2, -0.15) is 5.10 Å². The van der Waals surface area contributed by atoms with Crippen molar-refractivity contribution in [3.05, 3.63) is 41.2 Å². The maximum absolute atomic E-state index is 12.2. The molecule has 1 heterocycles. The van der Waals surface area contributed by atoms with E-state index in [1.54, 1.807) is 30.0 Å². The molecule has 110 valence electrons. The normalized spacial score (nSPS) is 20.1. The molecule has 1 amide bonds. The topological polar surface area (TPSA) is 56.1 Å². The molecule has 0 saturated heterocycles. The Morgan fingerprint density at radius 3 is 2.95 bits per heavy atom. The molecular weight excluding hydrogens is 290 g/mol. The van der Waals surface area contributed by atoms with Crippen molar-refractivity contribution in [3.63, 3.8) is 0 Å². The second kappa shape index (κ2) is 5.41. The molecule has 1 fully saturated rings. The third-order valence-electron chi connectivity index (χ3n) is 3.70. The minimum Gasteiger partial charge on any atom is -0.495 e. The number of carbonyl (C=O) groups is 1. The number of carbonyl (C=O) groups excluding carboxylic acids is 1. The molecule has 0 radical (unpaired) electrons. The number of anilines is 1. The second-order valence-electron chi connectivity index (χ2n) is 5.23.